The number of sulfone groups is 1. The molecular formula is C22H30FNO7S. The van der Waals surface area contributed by atoms with Crippen molar-refractivity contribution in [3.63, 3.8) is 0 Å². The van der Waals surface area contributed by atoms with E-state index in [1.54, 1.807) is 0 Å². The topological polar surface area (TPSA) is 111 Å². The largest absolute Gasteiger partial charge is 0.490 e. The summed E-state index contributed by atoms with van der Waals surface area (Å²) < 4.78 is 53.2. The number of carbonyl (C=O) groups excluding carboxylic acids is 1. The fraction of sp³-hybridized carbons (Fsp3) is 0.409. The first-order valence-corrected chi connectivity index (χ1v) is 11.6. The highest BCUT2D eigenvalue weighted by atomic mass is 32.2. The second-order valence-electron chi connectivity index (χ2n) is 6.42. The van der Waals surface area contributed by atoms with E-state index in [0.29, 0.717) is 5.75 Å². The summed E-state index contributed by atoms with van der Waals surface area (Å²) in [5.74, 6) is -1.06. The Bertz CT molecular complexity index is 905. The van der Waals surface area contributed by atoms with Crippen LogP contribution in [0.4, 0.5) is 4.39 Å². The van der Waals surface area contributed by atoms with Crippen LogP contribution in [0.5, 0.6) is 5.75 Å². The van der Waals surface area contributed by atoms with Crippen molar-refractivity contribution in [1.29, 1.82) is 0 Å². The van der Waals surface area contributed by atoms with Crippen molar-refractivity contribution in [3.05, 3.63) is 61.2 Å². The van der Waals surface area contributed by atoms with E-state index in [4.69, 9.17) is 19.4 Å². The van der Waals surface area contributed by atoms with Gasteiger partial charge in [0.15, 0.2) is 14.6 Å². The van der Waals surface area contributed by atoms with E-state index >= 15 is 0 Å². The first kappa shape index (κ1) is 27.3. The molecule has 0 spiro atoms. The molecule has 0 atom stereocenters. The number of amides is 1. The van der Waals surface area contributed by atoms with Crippen LogP contribution < -0.4 is 10.2 Å². The van der Waals surface area contributed by atoms with Gasteiger partial charge < -0.3 is 14.2 Å². The van der Waals surface area contributed by atoms with Crippen LogP contribution in [0.25, 0.3) is 0 Å². The summed E-state index contributed by atoms with van der Waals surface area (Å²) in [7, 11) is -4.10. The molecule has 0 saturated carbocycles. The van der Waals surface area contributed by atoms with Crippen molar-refractivity contribution in [3.8, 4) is 5.75 Å². The molecule has 1 heterocycles. The van der Waals surface area contributed by atoms with E-state index in [1.807, 2.05) is 13.8 Å². The van der Waals surface area contributed by atoms with Crippen molar-refractivity contribution < 1.29 is 37.0 Å². The van der Waals surface area contributed by atoms with E-state index in [2.05, 4.69) is 13.2 Å². The van der Waals surface area contributed by atoms with Gasteiger partial charge in [-0.1, -0.05) is 27.0 Å². The van der Waals surface area contributed by atoms with E-state index in [1.165, 1.54) is 35.8 Å². The Hall–Kier alpha value is -2.69. The Morgan fingerprint density at radius 2 is 1.84 bits per heavy atom. The minimum atomic E-state index is -4.10. The van der Waals surface area contributed by atoms with Gasteiger partial charge in [0, 0.05) is 19.3 Å². The Morgan fingerprint density at radius 3 is 2.34 bits per heavy atom. The second-order valence-corrected chi connectivity index (χ2v) is 8.68. The fourth-order valence-electron chi connectivity index (χ4n) is 2.99. The number of rotatable bonds is 10. The SMILES string of the molecule is C=C/C(=C\C(=C)F)OCCOc1ccc(S(=O)(=O)C2(C(=O)NO)CCOCC2)cc1.CC. The van der Waals surface area contributed by atoms with Crippen LogP contribution in [0.2, 0.25) is 0 Å². The van der Waals surface area contributed by atoms with Crippen LogP contribution in [0.15, 0.2) is 66.1 Å². The maximum absolute atomic E-state index is 13.1. The first-order chi connectivity index (χ1) is 15.3. The normalized spacial score (nSPS) is 15.6. The van der Waals surface area contributed by atoms with E-state index < -0.39 is 26.3 Å². The average molecular weight is 472 g/mol. The molecule has 8 nitrogen and oxygen atoms in total. The number of allylic oxidation sites excluding steroid dienone is 3. The average Bonchev–Trinajstić information content (AvgIpc) is 2.82. The van der Waals surface area contributed by atoms with Gasteiger partial charge in [-0.05, 0) is 43.2 Å². The number of hydroxylamine groups is 1. The molecule has 32 heavy (non-hydrogen) atoms. The predicted molar refractivity (Wildman–Crippen MR) is 118 cm³/mol. The molecule has 10 heteroatoms. The molecule has 1 saturated heterocycles. The lowest BCUT2D eigenvalue weighted by atomic mass is 9.98. The molecule has 1 amide bonds. The van der Waals surface area contributed by atoms with Crippen molar-refractivity contribution in [1.82, 2.24) is 5.48 Å². The van der Waals surface area contributed by atoms with Crippen LogP contribution in [0, 0.1) is 0 Å². The van der Waals surface area contributed by atoms with Gasteiger partial charge >= 0.3 is 0 Å². The van der Waals surface area contributed by atoms with E-state index in [9.17, 15) is 17.6 Å². The number of ether oxygens (including phenoxy) is 3. The molecule has 2 rings (SSSR count). The lowest BCUT2D eigenvalue weighted by Crippen LogP contribution is -2.54. The Kier molecular flexibility index (Phi) is 11.1. The predicted octanol–water partition coefficient (Wildman–Crippen LogP) is 3.49. The van der Waals surface area contributed by atoms with Crippen LogP contribution in [-0.2, 0) is 24.1 Å². The first-order valence-electron chi connectivity index (χ1n) is 10.1. The number of benzene rings is 1. The second kappa shape index (κ2) is 13.0. The fourth-order valence-corrected chi connectivity index (χ4v) is 4.93. The molecule has 0 bridgehead atoms. The molecule has 2 N–H and O–H groups in total. The highest BCUT2D eigenvalue weighted by Crippen LogP contribution is 2.35. The van der Waals surface area contributed by atoms with Gasteiger partial charge in [-0.3, -0.25) is 10.0 Å². The molecule has 1 aromatic carbocycles. The third-order valence-electron chi connectivity index (χ3n) is 4.59. The highest BCUT2D eigenvalue weighted by Gasteiger charge is 2.52. The van der Waals surface area contributed by atoms with Crippen molar-refractivity contribution in [2.24, 2.45) is 0 Å². The van der Waals surface area contributed by atoms with E-state index in [-0.39, 0.29) is 49.9 Å². The van der Waals surface area contributed by atoms with Crippen LogP contribution in [0.3, 0.4) is 0 Å². The van der Waals surface area contributed by atoms with Gasteiger partial charge in [-0.15, -0.1) is 0 Å². The zero-order valence-electron chi connectivity index (χ0n) is 18.3. The maximum atomic E-state index is 13.1. The summed E-state index contributed by atoms with van der Waals surface area (Å²) in [6.45, 7) is 11.0. The molecule has 1 aliphatic heterocycles. The molecular weight excluding hydrogens is 441 g/mol. The molecule has 0 radical (unpaired) electrons. The summed E-state index contributed by atoms with van der Waals surface area (Å²) in [6, 6.07) is 5.56. The number of carbonyl (C=O) groups is 1. The van der Waals surface area contributed by atoms with Gasteiger partial charge in [0.2, 0.25) is 0 Å². The molecule has 0 aromatic heterocycles. The number of nitrogens with one attached hydrogen (secondary N) is 1. The minimum absolute atomic E-state index is 0.0677. The lowest BCUT2D eigenvalue weighted by molar-refractivity contribution is -0.134. The van der Waals surface area contributed by atoms with Crippen molar-refractivity contribution in [2.45, 2.75) is 36.3 Å². The molecule has 1 fully saturated rings. The quantitative estimate of drug-likeness (QED) is 0.177. The summed E-state index contributed by atoms with van der Waals surface area (Å²) in [5.41, 5.74) is 1.47. The standard InChI is InChI=1S/C20H24FNO7S.C2H6/c1-3-16(14-15(2)21)28-12-13-29-17-4-6-18(7-5-17)30(25,26)20(19(23)22-24)8-10-27-11-9-20;1-2/h3-7,14,24H,1-2,8-13H2,(H,22,23);1-2H3/b16-14+;. The van der Waals surface area contributed by atoms with Gasteiger partial charge in [-0.25, -0.2) is 18.3 Å². The monoisotopic (exact) mass is 471 g/mol. The summed E-state index contributed by atoms with van der Waals surface area (Å²) in [4.78, 5) is 12.1. The number of halogens is 1. The lowest BCUT2D eigenvalue weighted by Gasteiger charge is -2.34. The van der Waals surface area contributed by atoms with E-state index in [0.717, 1.165) is 6.08 Å². The number of hydrogen-bond donors (Lipinski definition) is 2. The zero-order chi connectivity index (χ0) is 24.2. The van der Waals surface area contributed by atoms with Crippen LogP contribution in [0.1, 0.15) is 26.7 Å². The Balaban J connectivity index is 0.00000249. The van der Waals surface area contributed by atoms with Gasteiger partial charge in [0.25, 0.3) is 5.91 Å². The van der Waals surface area contributed by atoms with Gasteiger partial charge in [0.1, 0.15) is 30.5 Å². The third kappa shape index (κ3) is 6.65. The third-order valence-corrected chi connectivity index (χ3v) is 7.10. The molecule has 1 aliphatic rings. The van der Waals surface area contributed by atoms with Crippen LogP contribution >= 0.6 is 0 Å². The number of hydrogen-bond acceptors (Lipinski definition) is 7. The summed E-state index contributed by atoms with van der Waals surface area (Å²) >= 11 is 0. The van der Waals surface area contributed by atoms with Crippen LogP contribution in [-0.4, -0.2) is 50.7 Å². The molecule has 1 aromatic rings. The Morgan fingerprint density at radius 1 is 1.25 bits per heavy atom. The maximum Gasteiger partial charge on any atom is 0.265 e. The molecule has 0 aliphatic carbocycles. The molecule has 0 unspecified atom stereocenters. The molecule has 178 valence electrons. The van der Waals surface area contributed by atoms with Gasteiger partial charge in [-0.2, -0.15) is 0 Å². The van der Waals surface area contributed by atoms with Crippen molar-refractivity contribution in [2.75, 3.05) is 26.4 Å². The Labute approximate surface area is 188 Å². The zero-order valence-corrected chi connectivity index (χ0v) is 19.1. The highest BCUT2D eigenvalue weighted by molar-refractivity contribution is 7.93. The van der Waals surface area contributed by atoms with Gasteiger partial charge in [0.05, 0.1) is 4.90 Å². The summed E-state index contributed by atoms with van der Waals surface area (Å²) in [5, 5.41) is 9.06. The van der Waals surface area contributed by atoms with Crippen molar-refractivity contribution >= 4 is 15.7 Å². The summed E-state index contributed by atoms with van der Waals surface area (Å²) in [6.07, 6.45) is 2.28. The smallest absolute Gasteiger partial charge is 0.265 e. The minimum Gasteiger partial charge on any atom is -0.490 e.